The van der Waals surface area contributed by atoms with Crippen LogP contribution in [-0.4, -0.2) is 56.3 Å². The second kappa shape index (κ2) is 8.95. The summed E-state index contributed by atoms with van der Waals surface area (Å²) in [7, 11) is 0. The number of benzene rings is 1. The first-order valence-corrected chi connectivity index (χ1v) is 13.0. The lowest BCUT2D eigenvalue weighted by Crippen LogP contribution is -2.38. The molecule has 3 aliphatic rings. The zero-order valence-corrected chi connectivity index (χ0v) is 21.6. The van der Waals surface area contributed by atoms with E-state index >= 15 is 0 Å². The highest BCUT2D eigenvalue weighted by Gasteiger charge is 2.51. The first-order chi connectivity index (χ1) is 17.8. The minimum atomic E-state index is -0.883. The number of imidazole rings is 1. The van der Waals surface area contributed by atoms with Crippen molar-refractivity contribution in [3.63, 3.8) is 0 Å². The van der Waals surface area contributed by atoms with Crippen molar-refractivity contribution in [3.8, 4) is 0 Å². The normalized spacial score (nSPS) is 25.8. The van der Waals surface area contributed by atoms with Crippen molar-refractivity contribution >= 4 is 46.2 Å². The fourth-order valence-electron chi connectivity index (χ4n) is 6.01. The van der Waals surface area contributed by atoms with E-state index in [2.05, 4.69) is 38.1 Å². The highest BCUT2D eigenvalue weighted by atomic mass is 35.5. The third-order valence-electron chi connectivity index (χ3n) is 7.74. The number of ether oxygens (including phenoxy) is 3. The van der Waals surface area contributed by atoms with Crippen LogP contribution in [0.25, 0.3) is 11.2 Å². The summed E-state index contributed by atoms with van der Waals surface area (Å²) in [4.78, 5) is 39.8. The predicted molar refractivity (Wildman–Crippen MR) is 135 cm³/mol. The molecule has 1 aromatic carbocycles. The molecule has 2 fully saturated rings. The Bertz CT molecular complexity index is 1390. The second-order valence-electron chi connectivity index (χ2n) is 10.00. The summed E-state index contributed by atoms with van der Waals surface area (Å²) in [6.07, 6.45) is 2.66. The molecule has 0 amide bonds. The number of carbonyl (C=O) groups excluding carboxylic acids is 2. The summed E-state index contributed by atoms with van der Waals surface area (Å²) in [5, 5.41) is 0.0712. The standard InChI is InChI=1S/C26H28ClN5O5/c1-4-18-20(35-14(2)33)21(36-15(3)34)24(37-18)32-13-28-19-22(29-25(27)30-23(19)32)31-12-26(10-7-11-26)16-8-5-6-9-17(16)31/h5-6,8-9,13,18,20-21,24H,4,7,10-12H2,1-3H3/t18-,20?,21+,24-/m1/s1. The number of hydrogen-bond donors (Lipinski definition) is 0. The van der Waals surface area contributed by atoms with Gasteiger partial charge in [-0.05, 0) is 42.5 Å². The Morgan fingerprint density at radius 1 is 1.14 bits per heavy atom. The molecule has 0 N–H and O–H groups in total. The number of rotatable bonds is 5. The molecule has 11 heteroatoms. The number of nitrogens with zero attached hydrogens (tertiary/aromatic N) is 5. The highest BCUT2D eigenvalue weighted by molar-refractivity contribution is 6.28. The number of fused-ring (bicyclic) bond motifs is 3. The van der Waals surface area contributed by atoms with Crippen LogP contribution in [0.2, 0.25) is 5.28 Å². The number of esters is 2. The minimum absolute atomic E-state index is 0.0712. The summed E-state index contributed by atoms with van der Waals surface area (Å²) < 4.78 is 19.1. The van der Waals surface area contributed by atoms with Crippen molar-refractivity contribution in [2.24, 2.45) is 0 Å². The topological polar surface area (TPSA) is 109 Å². The average molecular weight is 526 g/mol. The van der Waals surface area contributed by atoms with E-state index < -0.39 is 36.5 Å². The van der Waals surface area contributed by atoms with E-state index in [0.717, 1.165) is 25.1 Å². The third-order valence-corrected chi connectivity index (χ3v) is 7.90. The fraction of sp³-hybridized carbons (Fsp3) is 0.500. The molecule has 1 saturated heterocycles. The molecule has 2 aromatic heterocycles. The van der Waals surface area contributed by atoms with Gasteiger partial charge in [-0.1, -0.05) is 31.5 Å². The van der Waals surface area contributed by atoms with Crippen molar-refractivity contribution < 1.29 is 23.8 Å². The quantitative estimate of drug-likeness (QED) is 0.357. The van der Waals surface area contributed by atoms with Crippen molar-refractivity contribution in [3.05, 3.63) is 41.4 Å². The predicted octanol–water partition coefficient (Wildman–Crippen LogP) is 4.22. The van der Waals surface area contributed by atoms with Crippen LogP contribution < -0.4 is 4.90 Å². The van der Waals surface area contributed by atoms with Crippen LogP contribution in [0.15, 0.2) is 30.6 Å². The van der Waals surface area contributed by atoms with E-state index in [0.29, 0.717) is 23.4 Å². The zero-order chi connectivity index (χ0) is 25.9. The lowest BCUT2D eigenvalue weighted by molar-refractivity contribution is -0.165. The van der Waals surface area contributed by atoms with E-state index in [9.17, 15) is 9.59 Å². The molecule has 4 heterocycles. The van der Waals surface area contributed by atoms with Gasteiger partial charge in [-0.3, -0.25) is 14.2 Å². The highest BCUT2D eigenvalue weighted by Crippen LogP contribution is 2.54. The van der Waals surface area contributed by atoms with Gasteiger partial charge < -0.3 is 19.1 Å². The Morgan fingerprint density at radius 3 is 2.54 bits per heavy atom. The molecule has 4 atom stereocenters. The van der Waals surface area contributed by atoms with E-state index in [1.807, 2.05) is 13.0 Å². The fourth-order valence-corrected chi connectivity index (χ4v) is 6.17. The van der Waals surface area contributed by atoms with Gasteiger partial charge in [0.25, 0.3) is 0 Å². The maximum Gasteiger partial charge on any atom is 0.303 e. The van der Waals surface area contributed by atoms with Crippen LogP contribution in [0, 0.1) is 0 Å². The summed E-state index contributed by atoms with van der Waals surface area (Å²) in [5.74, 6) is -0.369. The Labute approximate surface area is 218 Å². The Hall–Kier alpha value is -3.24. The van der Waals surface area contributed by atoms with Crippen LogP contribution in [0.1, 0.15) is 58.2 Å². The molecular formula is C26H28ClN5O5. The molecule has 1 saturated carbocycles. The number of anilines is 2. The van der Waals surface area contributed by atoms with Gasteiger partial charge in [-0.15, -0.1) is 0 Å². The van der Waals surface area contributed by atoms with Gasteiger partial charge in [0.05, 0.1) is 6.33 Å². The molecular weight excluding hydrogens is 498 g/mol. The largest absolute Gasteiger partial charge is 0.456 e. The molecule has 1 spiro atoms. The Kier molecular flexibility index (Phi) is 5.83. The van der Waals surface area contributed by atoms with Crippen LogP contribution in [-0.2, 0) is 29.2 Å². The van der Waals surface area contributed by atoms with Crippen LogP contribution in [0.4, 0.5) is 11.5 Å². The molecule has 10 nitrogen and oxygen atoms in total. The number of hydrogen-bond acceptors (Lipinski definition) is 9. The van der Waals surface area contributed by atoms with Gasteiger partial charge in [-0.2, -0.15) is 9.97 Å². The molecule has 3 aromatic rings. The van der Waals surface area contributed by atoms with Gasteiger partial charge in [-0.25, -0.2) is 4.98 Å². The second-order valence-corrected chi connectivity index (χ2v) is 10.3. The van der Waals surface area contributed by atoms with Crippen molar-refractivity contribution in [2.75, 3.05) is 11.4 Å². The lowest BCUT2D eigenvalue weighted by Gasteiger charge is -2.39. The van der Waals surface area contributed by atoms with Gasteiger partial charge in [0, 0.05) is 31.5 Å². The summed E-state index contributed by atoms with van der Waals surface area (Å²) in [6, 6.07) is 8.41. The Balaban J connectivity index is 1.44. The summed E-state index contributed by atoms with van der Waals surface area (Å²) >= 11 is 6.47. The first kappa shape index (κ1) is 24.1. The Morgan fingerprint density at radius 2 is 1.86 bits per heavy atom. The maximum atomic E-state index is 12.0. The van der Waals surface area contributed by atoms with Gasteiger partial charge >= 0.3 is 11.9 Å². The van der Waals surface area contributed by atoms with Crippen LogP contribution >= 0.6 is 11.6 Å². The van der Waals surface area contributed by atoms with Gasteiger partial charge in [0.2, 0.25) is 5.28 Å². The van der Waals surface area contributed by atoms with E-state index in [-0.39, 0.29) is 10.7 Å². The molecule has 0 radical (unpaired) electrons. The number of halogens is 1. The minimum Gasteiger partial charge on any atom is -0.456 e. The smallest absolute Gasteiger partial charge is 0.303 e. The number of aromatic nitrogens is 4. The molecule has 0 bridgehead atoms. The molecule has 194 valence electrons. The van der Waals surface area contributed by atoms with E-state index in [1.165, 1.54) is 25.8 Å². The monoisotopic (exact) mass is 525 g/mol. The van der Waals surface area contributed by atoms with Crippen LogP contribution in [0.3, 0.4) is 0 Å². The lowest BCUT2D eigenvalue weighted by atomic mass is 9.66. The van der Waals surface area contributed by atoms with Crippen molar-refractivity contribution in [1.82, 2.24) is 19.5 Å². The average Bonchev–Trinajstić information content (AvgIpc) is 3.50. The molecule has 37 heavy (non-hydrogen) atoms. The number of carbonyl (C=O) groups is 2. The van der Waals surface area contributed by atoms with E-state index in [4.69, 9.17) is 25.8 Å². The molecule has 1 aliphatic carbocycles. The zero-order valence-electron chi connectivity index (χ0n) is 20.9. The van der Waals surface area contributed by atoms with E-state index in [1.54, 1.807) is 10.9 Å². The number of para-hydroxylation sites is 1. The molecule has 2 aliphatic heterocycles. The molecule has 6 rings (SSSR count). The summed E-state index contributed by atoms with van der Waals surface area (Å²) in [6.45, 7) is 5.34. The van der Waals surface area contributed by atoms with Gasteiger partial charge in [0.15, 0.2) is 35.4 Å². The maximum absolute atomic E-state index is 12.0. The van der Waals surface area contributed by atoms with Crippen molar-refractivity contribution in [2.45, 2.75) is 76.4 Å². The SMILES string of the molecule is CC[C@H]1O[C@@H](n2cnc3c(N4CC5(CCC5)c5ccccc54)nc(Cl)nc32)[C@@H](OC(C)=O)C1OC(C)=O. The first-order valence-electron chi connectivity index (χ1n) is 12.6. The van der Waals surface area contributed by atoms with Crippen molar-refractivity contribution in [1.29, 1.82) is 0 Å². The summed E-state index contributed by atoms with van der Waals surface area (Å²) in [5.41, 5.74) is 3.55. The van der Waals surface area contributed by atoms with Crippen LogP contribution in [0.5, 0.6) is 0 Å². The molecule has 1 unspecified atom stereocenters. The van der Waals surface area contributed by atoms with Gasteiger partial charge in [0.1, 0.15) is 6.10 Å². The third kappa shape index (κ3) is 3.85.